The van der Waals surface area contributed by atoms with Crippen molar-refractivity contribution >= 4 is 44.6 Å². The lowest BCUT2D eigenvalue weighted by atomic mass is 10.1. The van der Waals surface area contributed by atoms with E-state index in [1.807, 2.05) is 30.9 Å². The van der Waals surface area contributed by atoms with Gasteiger partial charge in [0.05, 0.1) is 34.5 Å². The molecule has 3 aromatic rings. The molecule has 3 rings (SSSR count). The number of amides is 1. The molecule has 2 aromatic heterocycles. The molecule has 0 aliphatic carbocycles. The van der Waals surface area contributed by atoms with Crippen LogP contribution in [0.3, 0.4) is 0 Å². The second-order valence-corrected chi connectivity index (χ2v) is 10.5. The number of rotatable bonds is 9. The normalized spacial score (nSPS) is 12.5. The van der Waals surface area contributed by atoms with Gasteiger partial charge in [-0.25, -0.2) is 9.97 Å². The van der Waals surface area contributed by atoms with Gasteiger partial charge in [0.2, 0.25) is 5.91 Å². The smallest absolute Gasteiger partial charge is 0.346 e. The molecule has 0 spiro atoms. The zero-order valence-electron chi connectivity index (χ0n) is 17.4. The van der Waals surface area contributed by atoms with Crippen LogP contribution in [0.25, 0.3) is 0 Å². The van der Waals surface area contributed by atoms with E-state index in [-0.39, 0.29) is 24.1 Å². The number of benzene rings is 1. The molecule has 3 N–H and O–H groups in total. The second kappa shape index (κ2) is 9.86. The van der Waals surface area contributed by atoms with Gasteiger partial charge in [0.1, 0.15) is 5.01 Å². The monoisotopic (exact) mass is 480 g/mol. The van der Waals surface area contributed by atoms with Crippen LogP contribution in [0, 0.1) is 13.8 Å². The summed E-state index contributed by atoms with van der Waals surface area (Å²) >= 11 is 3.08. The van der Waals surface area contributed by atoms with E-state index in [2.05, 4.69) is 15.3 Å². The minimum Gasteiger partial charge on any atom is -0.346 e. The first-order valence-corrected chi connectivity index (χ1v) is 12.8. The third kappa shape index (κ3) is 6.82. The average molecular weight is 481 g/mol. The van der Waals surface area contributed by atoms with Crippen LogP contribution in [-0.2, 0) is 34.4 Å². The molecule has 0 fully saturated rings. The quantitative estimate of drug-likeness (QED) is 0.402. The first-order chi connectivity index (χ1) is 14.6. The van der Waals surface area contributed by atoms with Crippen LogP contribution < -0.4 is 10.0 Å². The number of anilines is 1. The third-order valence-electron chi connectivity index (χ3n) is 4.53. The molecule has 0 saturated heterocycles. The van der Waals surface area contributed by atoms with Gasteiger partial charge in [0, 0.05) is 10.3 Å². The number of thiazole rings is 2. The molecule has 31 heavy (non-hydrogen) atoms. The predicted octanol–water partition coefficient (Wildman–Crippen LogP) is 3.64. The van der Waals surface area contributed by atoms with Crippen molar-refractivity contribution in [3.63, 3.8) is 0 Å². The van der Waals surface area contributed by atoms with Gasteiger partial charge < -0.3 is 5.32 Å². The lowest BCUT2D eigenvalue weighted by Gasteiger charge is -2.17. The Hall–Kier alpha value is -2.34. The zero-order chi connectivity index (χ0) is 22.6. The lowest BCUT2D eigenvalue weighted by Crippen LogP contribution is -2.31. The van der Waals surface area contributed by atoms with Crippen molar-refractivity contribution in [3.05, 3.63) is 61.5 Å². The molecule has 1 amide bonds. The molecule has 11 heteroatoms. The highest BCUT2D eigenvalue weighted by atomic mass is 32.2. The van der Waals surface area contributed by atoms with E-state index in [4.69, 9.17) is 4.55 Å². The van der Waals surface area contributed by atoms with Crippen LogP contribution in [0.4, 0.5) is 5.69 Å². The van der Waals surface area contributed by atoms with Gasteiger partial charge in [-0.3, -0.25) is 14.1 Å². The molecule has 0 bridgehead atoms. The van der Waals surface area contributed by atoms with E-state index in [1.54, 1.807) is 35.6 Å². The minimum atomic E-state index is -4.32. The summed E-state index contributed by atoms with van der Waals surface area (Å²) in [5.41, 5.74) is 2.90. The summed E-state index contributed by atoms with van der Waals surface area (Å²) in [7, 11) is -4.32. The molecule has 1 atom stereocenters. The maximum Gasteiger partial charge on any atom is 0.357 e. The standard InChI is InChI=1S/C20H24N4O4S3/c1-4-15-11-29-20(22-15)18(23-19(25)10-17-12(2)30-13(3)21-17)9-14-5-7-16(8-6-14)24-31(26,27)28/h5-8,11,18,24H,4,9-10H2,1-3H3,(H,23,25)(H,26,27,28). The fourth-order valence-electron chi connectivity index (χ4n) is 3.07. The SMILES string of the molecule is CCc1csc(C(Cc2ccc(NS(=O)(=O)O)cc2)NC(=O)Cc2nc(C)sc2C)n1. The Morgan fingerprint density at radius 3 is 2.45 bits per heavy atom. The molecule has 166 valence electrons. The summed E-state index contributed by atoms with van der Waals surface area (Å²) in [5, 5.41) is 6.82. The van der Waals surface area contributed by atoms with Gasteiger partial charge in [-0.05, 0) is 44.4 Å². The van der Waals surface area contributed by atoms with Crippen molar-refractivity contribution in [1.29, 1.82) is 0 Å². The molecule has 1 unspecified atom stereocenters. The van der Waals surface area contributed by atoms with Gasteiger partial charge in [-0.1, -0.05) is 19.1 Å². The van der Waals surface area contributed by atoms with Gasteiger partial charge in [-0.2, -0.15) is 8.42 Å². The Balaban J connectivity index is 1.76. The number of nitrogens with zero attached hydrogens (tertiary/aromatic N) is 2. The van der Waals surface area contributed by atoms with Crippen molar-refractivity contribution in [1.82, 2.24) is 15.3 Å². The summed E-state index contributed by atoms with van der Waals surface area (Å²) in [4.78, 5) is 22.9. The molecule has 2 heterocycles. The number of aryl methyl sites for hydroxylation is 3. The van der Waals surface area contributed by atoms with Crippen LogP contribution in [0.2, 0.25) is 0 Å². The Kier molecular flexibility index (Phi) is 7.42. The Labute approximate surface area is 189 Å². The fourth-order valence-corrected chi connectivity index (χ4v) is 5.29. The van der Waals surface area contributed by atoms with Crippen LogP contribution >= 0.6 is 22.7 Å². The first-order valence-electron chi connectivity index (χ1n) is 9.63. The number of nitrogens with one attached hydrogen (secondary N) is 2. The summed E-state index contributed by atoms with van der Waals surface area (Å²) in [5.74, 6) is -0.128. The third-order valence-corrected chi connectivity index (χ3v) is 6.96. The zero-order valence-corrected chi connectivity index (χ0v) is 19.8. The van der Waals surface area contributed by atoms with Gasteiger partial charge in [-0.15, -0.1) is 22.7 Å². The Morgan fingerprint density at radius 2 is 1.90 bits per heavy atom. The van der Waals surface area contributed by atoms with E-state index in [9.17, 15) is 13.2 Å². The number of carbonyl (C=O) groups excluding carboxylic acids is 1. The van der Waals surface area contributed by atoms with E-state index < -0.39 is 10.3 Å². The molecule has 0 saturated carbocycles. The summed E-state index contributed by atoms with van der Waals surface area (Å²) < 4.78 is 32.8. The molecule has 0 radical (unpaired) electrons. The fraction of sp³-hybridized carbons (Fsp3) is 0.350. The molecule has 0 aliphatic rings. The molecule has 8 nitrogen and oxygen atoms in total. The van der Waals surface area contributed by atoms with E-state index in [1.165, 1.54) is 11.3 Å². The molecule has 0 aliphatic heterocycles. The van der Waals surface area contributed by atoms with E-state index in [0.29, 0.717) is 6.42 Å². The maximum atomic E-state index is 12.8. The predicted molar refractivity (Wildman–Crippen MR) is 123 cm³/mol. The number of hydrogen-bond acceptors (Lipinski definition) is 7. The van der Waals surface area contributed by atoms with Gasteiger partial charge in [0.25, 0.3) is 0 Å². The number of carbonyl (C=O) groups is 1. The van der Waals surface area contributed by atoms with Crippen LogP contribution in [0.1, 0.15) is 44.8 Å². The van der Waals surface area contributed by atoms with Crippen molar-refractivity contribution in [3.8, 4) is 0 Å². The van der Waals surface area contributed by atoms with E-state index in [0.717, 1.165) is 38.3 Å². The maximum absolute atomic E-state index is 12.8. The van der Waals surface area contributed by atoms with Gasteiger partial charge >= 0.3 is 10.3 Å². The van der Waals surface area contributed by atoms with Gasteiger partial charge in [0.15, 0.2) is 0 Å². The second-order valence-electron chi connectivity index (χ2n) is 7.04. The summed E-state index contributed by atoms with van der Waals surface area (Å²) in [6.07, 6.45) is 1.50. The van der Waals surface area contributed by atoms with Crippen LogP contribution in [0.15, 0.2) is 29.6 Å². The van der Waals surface area contributed by atoms with Crippen molar-refractivity contribution < 1.29 is 17.8 Å². The highest BCUT2D eigenvalue weighted by Gasteiger charge is 2.20. The average Bonchev–Trinajstić information content (AvgIpc) is 3.28. The topological polar surface area (TPSA) is 121 Å². The highest BCUT2D eigenvalue weighted by molar-refractivity contribution is 7.87. The Morgan fingerprint density at radius 1 is 1.19 bits per heavy atom. The Bertz CT molecular complexity index is 1150. The first kappa shape index (κ1) is 23.3. The summed E-state index contributed by atoms with van der Waals surface area (Å²) in [6, 6.07) is 6.29. The highest BCUT2D eigenvalue weighted by Crippen LogP contribution is 2.24. The van der Waals surface area contributed by atoms with Crippen molar-refractivity contribution in [2.45, 2.75) is 46.1 Å². The number of hydrogen-bond donors (Lipinski definition) is 3. The van der Waals surface area contributed by atoms with Crippen LogP contribution in [0.5, 0.6) is 0 Å². The molecular weight excluding hydrogens is 456 g/mol. The molecular formula is C20H24N4O4S3. The van der Waals surface area contributed by atoms with Crippen molar-refractivity contribution in [2.75, 3.05) is 4.72 Å². The van der Waals surface area contributed by atoms with Crippen LogP contribution in [-0.4, -0.2) is 28.8 Å². The number of aromatic nitrogens is 2. The lowest BCUT2D eigenvalue weighted by molar-refractivity contribution is -0.121. The van der Waals surface area contributed by atoms with Crippen molar-refractivity contribution in [2.24, 2.45) is 0 Å². The molecule has 1 aromatic carbocycles. The van der Waals surface area contributed by atoms with E-state index >= 15 is 0 Å². The largest absolute Gasteiger partial charge is 0.357 e. The minimum absolute atomic E-state index is 0.128. The summed E-state index contributed by atoms with van der Waals surface area (Å²) in [6.45, 7) is 5.91.